The molecule has 1 fully saturated rings. The van der Waals surface area contributed by atoms with Crippen molar-refractivity contribution in [2.45, 2.75) is 39.5 Å². The van der Waals surface area contributed by atoms with Gasteiger partial charge < -0.3 is 5.32 Å². The van der Waals surface area contributed by atoms with Gasteiger partial charge in [-0.25, -0.2) is 4.98 Å². The molecule has 1 saturated heterocycles. The van der Waals surface area contributed by atoms with Crippen LogP contribution in [0.1, 0.15) is 48.5 Å². The number of rotatable bonds is 3. The van der Waals surface area contributed by atoms with E-state index in [0.717, 1.165) is 30.1 Å². The number of hydrogen-bond donors (Lipinski definition) is 1. The van der Waals surface area contributed by atoms with Gasteiger partial charge in [-0.1, -0.05) is 25.2 Å². The molecule has 6 heteroatoms. The van der Waals surface area contributed by atoms with Crippen molar-refractivity contribution >= 4 is 28.2 Å². The van der Waals surface area contributed by atoms with Gasteiger partial charge in [0.25, 0.3) is 0 Å². The first-order chi connectivity index (χ1) is 9.93. The molecule has 1 amide bonds. The molecule has 0 radical (unpaired) electrons. The molecule has 0 unspecified atom stereocenters. The van der Waals surface area contributed by atoms with E-state index < -0.39 is 0 Å². The Kier molecular flexibility index (Phi) is 3.84. The van der Waals surface area contributed by atoms with E-state index in [1.54, 1.807) is 0 Å². The Labute approximate surface area is 128 Å². The average molecular weight is 307 g/mol. The van der Waals surface area contributed by atoms with E-state index in [-0.39, 0.29) is 17.1 Å². The average Bonchev–Trinajstić information content (AvgIpc) is 2.97. The van der Waals surface area contributed by atoms with Crippen molar-refractivity contribution in [1.29, 1.82) is 0 Å². The fraction of sp³-hybridized carbons (Fsp3) is 0.667. The highest BCUT2D eigenvalue weighted by atomic mass is 32.1. The van der Waals surface area contributed by atoms with Crippen LogP contribution in [0.2, 0.25) is 0 Å². The van der Waals surface area contributed by atoms with Gasteiger partial charge in [0.15, 0.2) is 10.9 Å². The summed E-state index contributed by atoms with van der Waals surface area (Å²) in [5.41, 5.74) is 0.812. The number of nitrogens with zero attached hydrogens (tertiary/aromatic N) is 2. The summed E-state index contributed by atoms with van der Waals surface area (Å²) >= 11 is 1.32. The van der Waals surface area contributed by atoms with E-state index in [0.29, 0.717) is 18.1 Å². The number of hydrogen-bond acceptors (Lipinski definition) is 5. The van der Waals surface area contributed by atoms with Crippen molar-refractivity contribution in [2.75, 3.05) is 25.0 Å². The van der Waals surface area contributed by atoms with Crippen LogP contribution in [-0.4, -0.2) is 41.2 Å². The monoisotopic (exact) mass is 307 g/mol. The molecular formula is C15H21N3O2S. The maximum Gasteiger partial charge on any atom is 0.240 e. The van der Waals surface area contributed by atoms with Crippen molar-refractivity contribution in [2.24, 2.45) is 5.41 Å². The molecule has 2 heterocycles. The van der Waals surface area contributed by atoms with Gasteiger partial charge in [-0.15, -0.1) is 0 Å². The lowest BCUT2D eigenvalue weighted by Crippen LogP contribution is -2.30. The summed E-state index contributed by atoms with van der Waals surface area (Å²) < 4.78 is 0. The van der Waals surface area contributed by atoms with Crippen LogP contribution in [0, 0.1) is 5.41 Å². The SMILES string of the molecule is CC1(C)CC(=O)c2sc(NC(=O)CN3CCCC3)nc2C1. The van der Waals surface area contributed by atoms with Gasteiger partial charge in [0, 0.05) is 6.42 Å². The molecule has 5 nitrogen and oxygen atoms in total. The zero-order valence-corrected chi connectivity index (χ0v) is 13.4. The number of carbonyl (C=O) groups excluding carboxylic acids is 2. The Morgan fingerprint density at radius 1 is 1.33 bits per heavy atom. The maximum atomic E-state index is 12.1. The first-order valence-corrected chi connectivity index (χ1v) is 8.30. The van der Waals surface area contributed by atoms with Gasteiger partial charge in [0.1, 0.15) is 0 Å². The van der Waals surface area contributed by atoms with Gasteiger partial charge in [-0.3, -0.25) is 14.5 Å². The van der Waals surface area contributed by atoms with Crippen LogP contribution in [-0.2, 0) is 11.2 Å². The lowest BCUT2D eigenvalue weighted by molar-refractivity contribution is -0.117. The predicted molar refractivity (Wildman–Crippen MR) is 82.9 cm³/mol. The van der Waals surface area contributed by atoms with Crippen molar-refractivity contribution in [1.82, 2.24) is 9.88 Å². The van der Waals surface area contributed by atoms with Gasteiger partial charge >= 0.3 is 0 Å². The summed E-state index contributed by atoms with van der Waals surface area (Å²) in [6.45, 7) is 6.57. The molecule has 2 aliphatic rings. The molecule has 1 aliphatic carbocycles. The maximum absolute atomic E-state index is 12.1. The number of Topliss-reactive ketones (excluding diaryl/α,β-unsaturated/α-hetero) is 1. The van der Waals surface area contributed by atoms with E-state index in [1.807, 2.05) is 0 Å². The number of carbonyl (C=O) groups is 2. The summed E-state index contributed by atoms with van der Waals surface area (Å²) in [6.07, 6.45) is 3.70. The molecule has 3 rings (SSSR count). The first-order valence-electron chi connectivity index (χ1n) is 7.48. The van der Waals surface area contributed by atoms with Crippen molar-refractivity contribution < 1.29 is 9.59 Å². The lowest BCUT2D eigenvalue weighted by atomic mass is 9.78. The number of aromatic nitrogens is 1. The number of nitrogens with one attached hydrogen (secondary N) is 1. The molecular weight excluding hydrogens is 286 g/mol. The van der Waals surface area contributed by atoms with E-state index >= 15 is 0 Å². The molecule has 0 spiro atoms. The first kappa shape index (κ1) is 14.7. The van der Waals surface area contributed by atoms with E-state index in [1.165, 1.54) is 24.2 Å². The van der Waals surface area contributed by atoms with Crippen LogP contribution in [0.15, 0.2) is 0 Å². The molecule has 1 aromatic heterocycles. The second-order valence-corrected chi connectivity index (χ2v) is 7.77. The van der Waals surface area contributed by atoms with Crippen LogP contribution >= 0.6 is 11.3 Å². The number of amides is 1. The molecule has 1 aromatic rings. The molecule has 0 atom stereocenters. The number of thiazole rings is 1. The normalized spacial score (nSPS) is 21.3. The number of fused-ring (bicyclic) bond motifs is 1. The third kappa shape index (κ3) is 3.32. The number of anilines is 1. The standard InChI is InChI=1S/C15H21N3O2S/c1-15(2)7-10-13(11(19)8-15)21-14(16-10)17-12(20)9-18-5-3-4-6-18/h3-9H2,1-2H3,(H,16,17,20). The highest BCUT2D eigenvalue weighted by molar-refractivity contribution is 7.17. The topological polar surface area (TPSA) is 62.3 Å². The minimum Gasteiger partial charge on any atom is -0.301 e. The second kappa shape index (κ2) is 5.50. The molecule has 0 aromatic carbocycles. The van der Waals surface area contributed by atoms with Gasteiger partial charge in [-0.2, -0.15) is 0 Å². The predicted octanol–water partition coefficient (Wildman–Crippen LogP) is 2.33. The molecule has 1 aliphatic heterocycles. The van der Waals surface area contributed by atoms with Crippen LogP contribution in [0.25, 0.3) is 0 Å². The zero-order valence-electron chi connectivity index (χ0n) is 12.6. The minimum atomic E-state index is -0.0328. The molecule has 0 bridgehead atoms. The van der Waals surface area contributed by atoms with Gasteiger partial charge in [0.05, 0.1) is 17.1 Å². The van der Waals surface area contributed by atoms with Crippen LogP contribution in [0.5, 0.6) is 0 Å². The fourth-order valence-corrected chi connectivity index (χ4v) is 4.01. The zero-order chi connectivity index (χ0) is 15.0. The van der Waals surface area contributed by atoms with E-state index in [9.17, 15) is 9.59 Å². The second-order valence-electron chi connectivity index (χ2n) is 6.77. The number of likely N-dealkylation sites (tertiary alicyclic amines) is 1. The van der Waals surface area contributed by atoms with Gasteiger partial charge in [0.2, 0.25) is 5.91 Å². The summed E-state index contributed by atoms with van der Waals surface area (Å²) in [5.74, 6) is 0.119. The molecule has 114 valence electrons. The third-order valence-electron chi connectivity index (χ3n) is 4.05. The fourth-order valence-electron chi connectivity index (χ4n) is 3.08. The van der Waals surface area contributed by atoms with E-state index in [2.05, 4.69) is 29.0 Å². The summed E-state index contributed by atoms with van der Waals surface area (Å²) in [7, 11) is 0. The lowest BCUT2D eigenvalue weighted by Gasteiger charge is -2.26. The molecule has 21 heavy (non-hydrogen) atoms. The Hall–Kier alpha value is -1.27. The smallest absolute Gasteiger partial charge is 0.240 e. The van der Waals surface area contributed by atoms with Gasteiger partial charge in [-0.05, 0) is 37.8 Å². The van der Waals surface area contributed by atoms with Crippen LogP contribution in [0.4, 0.5) is 5.13 Å². The Morgan fingerprint density at radius 3 is 2.76 bits per heavy atom. The third-order valence-corrected chi connectivity index (χ3v) is 5.10. The Balaban J connectivity index is 1.67. The molecule has 0 saturated carbocycles. The summed E-state index contributed by atoms with van der Waals surface area (Å²) in [6, 6.07) is 0. The summed E-state index contributed by atoms with van der Waals surface area (Å²) in [5, 5.41) is 3.41. The highest BCUT2D eigenvalue weighted by Crippen LogP contribution is 2.38. The van der Waals surface area contributed by atoms with Crippen molar-refractivity contribution in [3.63, 3.8) is 0 Å². The quantitative estimate of drug-likeness (QED) is 0.931. The van der Waals surface area contributed by atoms with Crippen molar-refractivity contribution in [3.8, 4) is 0 Å². The van der Waals surface area contributed by atoms with Crippen LogP contribution < -0.4 is 5.32 Å². The summed E-state index contributed by atoms with van der Waals surface area (Å²) in [4.78, 5) is 31.5. The largest absolute Gasteiger partial charge is 0.301 e. The van der Waals surface area contributed by atoms with E-state index in [4.69, 9.17) is 0 Å². The Bertz CT molecular complexity index is 573. The molecule has 1 N–H and O–H groups in total. The minimum absolute atomic E-state index is 0.0327. The Morgan fingerprint density at radius 2 is 2.05 bits per heavy atom. The number of ketones is 1. The highest BCUT2D eigenvalue weighted by Gasteiger charge is 2.34. The van der Waals surface area contributed by atoms with Crippen LogP contribution in [0.3, 0.4) is 0 Å². The van der Waals surface area contributed by atoms with Crippen molar-refractivity contribution in [3.05, 3.63) is 10.6 Å².